The maximum Gasteiger partial charge on any atom is 0.271 e. The number of carbonyl (C=O) groups excluding carboxylic acids is 1. The van der Waals surface area contributed by atoms with Gasteiger partial charge >= 0.3 is 0 Å². The number of anilines is 1. The monoisotopic (exact) mass is 400 g/mol. The number of fused-ring (bicyclic) bond motifs is 4. The largest absolute Gasteiger partial charge is 0.384 e. The predicted molar refractivity (Wildman–Crippen MR) is 112 cm³/mol. The molecule has 2 atom stereocenters. The van der Waals surface area contributed by atoms with Gasteiger partial charge in [0.05, 0.1) is 11.3 Å². The van der Waals surface area contributed by atoms with Crippen LogP contribution in [0.1, 0.15) is 29.8 Å². The number of piperidine rings is 3. The summed E-state index contributed by atoms with van der Waals surface area (Å²) in [7, 11) is 1.77. The van der Waals surface area contributed by atoms with Crippen molar-refractivity contribution in [3.8, 4) is 0 Å². The molecule has 5 heterocycles. The average Bonchev–Trinajstić information content (AvgIpc) is 3.35. The van der Waals surface area contributed by atoms with E-state index in [-0.39, 0.29) is 11.9 Å². The van der Waals surface area contributed by atoms with Crippen LogP contribution < -0.4 is 10.2 Å². The fourth-order valence-corrected chi connectivity index (χ4v) is 5.90. The van der Waals surface area contributed by atoms with Crippen LogP contribution in [-0.2, 0) is 4.74 Å². The van der Waals surface area contributed by atoms with Gasteiger partial charge in [-0.25, -0.2) is 0 Å². The van der Waals surface area contributed by atoms with Gasteiger partial charge in [0.25, 0.3) is 5.91 Å². The molecular weight excluding hydrogens is 372 g/mol. The second-order valence-electron chi connectivity index (χ2n) is 8.49. The van der Waals surface area contributed by atoms with Gasteiger partial charge in [0.1, 0.15) is 5.69 Å². The summed E-state index contributed by atoms with van der Waals surface area (Å²) in [5.41, 5.74) is 1.81. The van der Waals surface area contributed by atoms with Crippen LogP contribution in [0, 0.1) is 11.8 Å². The summed E-state index contributed by atoms with van der Waals surface area (Å²) in [5, 5.41) is 4.25. The van der Waals surface area contributed by atoms with E-state index in [1.54, 1.807) is 7.11 Å². The van der Waals surface area contributed by atoms with Crippen molar-refractivity contribution in [1.29, 1.82) is 0 Å². The number of ether oxygens (including phenoxy) is 1. The Kier molecular flexibility index (Phi) is 4.99. The van der Waals surface area contributed by atoms with Gasteiger partial charge < -0.3 is 19.9 Å². The van der Waals surface area contributed by atoms with Crippen molar-refractivity contribution in [2.45, 2.75) is 25.3 Å². The maximum atomic E-state index is 12.9. The predicted octanol–water partition coefficient (Wildman–Crippen LogP) is 2.59. The number of amides is 1. The number of methoxy groups -OCH3 is 1. The van der Waals surface area contributed by atoms with Crippen molar-refractivity contribution in [3.63, 3.8) is 0 Å². The Morgan fingerprint density at radius 2 is 2.11 bits per heavy atom. The Balaban J connectivity index is 1.30. The van der Waals surface area contributed by atoms with Crippen LogP contribution in [0.5, 0.6) is 0 Å². The van der Waals surface area contributed by atoms with E-state index in [0.717, 1.165) is 36.3 Å². The normalized spacial score (nSPS) is 29.5. The third-order valence-corrected chi connectivity index (χ3v) is 7.51. The zero-order valence-corrected chi connectivity index (χ0v) is 17.2. The molecule has 150 valence electrons. The lowest BCUT2D eigenvalue weighted by Crippen LogP contribution is -2.57. The summed E-state index contributed by atoms with van der Waals surface area (Å²) in [6.45, 7) is 6.27. The van der Waals surface area contributed by atoms with E-state index in [4.69, 9.17) is 4.74 Å². The van der Waals surface area contributed by atoms with Gasteiger partial charge in [-0.15, -0.1) is 0 Å². The standard InChI is InChI=1S/C21H28N4O2S/c1-27-13-14-4-9-25(11-14)16-2-3-17-19(10-16)28-23-20(17)21(26)22-18-12-24-7-5-15(18)6-8-24/h2-3,10,14-15,18H,4-9,11-13H2,1H3,(H,22,26)/t14?,18-/m1/s1. The minimum absolute atomic E-state index is 0.0147. The molecule has 4 saturated heterocycles. The maximum absolute atomic E-state index is 12.9. The molecule has 4 aliphatic heterocycles. The fraction of sp³-hybridized carbons (Fsp3) is 0.619. The van der Waals surface area contributed by atoms with Crippen molar-refractivity contribution in [2.75, 3.05) is 51.3 Å². The minimum atomic E-state index is -0.0147. The number of hydrogen-bond acceptors (Lipinski definition) is 6. The quantitative estimate of drug-likeness (QED) is 0.836. The smallest absolute Gasteiger partial charge is 0.271 e. The van der Waals surface area contributed by atoms with Crippen molar-refractivity contribution < 1.29 is 9.53 Å². The Morgan fingerprint density at radius 3 is 2.86 bits per heavy atom. The molecule has 4 aliphatic rings. The fourth-order valence-electron chi connectivity index (χ4n) is 5.09. The third-order valence-electron chi connectivity index (χ3n) is 6.70. The van der Waals surface area contributed by atoms with E-state index in [2.05, 4.69) is 37.7 Å². The Bertz CT molecular complexity index is 861. The molecule has 0 aliphatic carbocycles. The molecule has 6 nitrogen and oxygen atoms in total. The number of nitrogens with one attached hydrogen (secondary N) is 1. The first-order chi connectivity index (χ1) is 13.7. The average molecular weight is 401 g/mol. The number of hydrogen-bond donors (Lipinski definition) is 1. The van der Waals surface area contributed by atoms with Crippen molar-refractivity contribution in [2.24, 2.45) is 11.8 Å². The topological polar surface area (TPSA) is 57.7 Å². The highest BCUT2D eigenvalue weighted by atomic mass is 32.1. The number of nitrogens with zero attached hydrogens (tertiary/aromatic N) is 3. The van der Waals surface area contributed by atoms with Crippen LogP contribution in [0.15, 0.2) is 18.2 Å². The molecule has 1 amide bonds. The van der Waals surface area contributed by atoms with Crippen LogP contribution >= 0.6 is 11.5 Å². The van der Waals surface area contributed by atoms with Gasteiger partial charge in [0.2, 0.25) is 0 Å². The highest BCUT2D eigenvalue weighted by Gasteiger charge is 2.35. The molecule has 0 saturated carbocycles. The molecule has 0 spiro atoms. The summed E-state index contributed by atoms with van der Waals surface area (Å²) in [4.78, 5) is 17.8. The second-order valence-corrected chi connectivity index (χ2v) is 9.29. The summed E-state index contributed by atoms with van der Waals surface area (Å²) in [6, 6.07) is 6.67. The first-order valence-corrected chi connectivity index (χ1v) is 11.1. The van der Waals surface area contributed by atoms with Crippen molar-refractivity contribution in [1.82, 2.24) is 14.6 Å². The SMILES string of the molecule is COCC1CCN(c2ccc3c(C(=O)N[C@@H]4CN5CCC4CC5)nsc3c2)C1. The molecule has 2 bridgehead atoms. The number of carbonyl (C=O) groups is 1. The number of benzene rings is 1. The summed E-state index contributed by atoms with van der Waals surface area (Å²) >= 11 is 1.43. The number of rotatable bonds is 5. The Hall–Kier alpha value is -1.70. The van der Waals surface area contributed by atoms with Gasteiger partial charge in [-0.2, -0.15) is 4.37 Å². The first-order valence-electron chi connectivity index (χ1n) is 10.4. The van der Waals surface area contributed by atoms with E-state index < -0.39 is 0 Å². The van der Waals surface area contributed by atoms with Crippen LogP contribution in [-0.4, -0.2) is 67.7 Å². The zero-order valence-electron chi connectivity index (χ0n) is 16.4. The van der Waals surface area contributed by atoms with E-state index in [1.807, 2.05) is 0 Å². The highest BCUT2D eigenvalue weighted by Crippen LogP contribution is 2.32. The third kappa shape index (κ3) is 3.40. The van der Waals surface area contributed by atoms with Gasteiger partial charge in [-0.1, -0.05) is 0 Å². The lowest BCUT2D eigenvalue weighted by molar-refractivity contribution is 0.0619. The lowest BCUT2D eigenvalue weighted by atomic mass is 9.84. The van der Waals surface area contributed by atoms with Gasteiger partial charge in [-0.3, -0.25) is 4.79 Å². The molecule has 0 radical (unpaired) electrons. The molecule has 1 N–H and O–H groups in total. The summed E-state index contributed by atoms with van der Waals surface area (Å²) in [6.07, 6.45) is 3.57. The molecule has 28 heavy (non-hydrogen) atoms. The molecule has 2 aromatic rings. The summed E-state index contributed by atoms with van der Waals surface area (Å²) < 4.78 is 10.9. The molecule has 1 unspecified atom stereocenters. The van der Waals surface area contributed by atoms with E-state index >= 15 is 0 Å². The Morgan fingerprint density at radius 1 is 1.25 bits per heavy atom. The molecule has 4 fully saturated rings. The molecule has 1 aromatic heterocycles. The van der Waals surface area contributed by atoms with Gasteiger partial charge in [0.15, 0.2) is 0 Å². The van der Waals surface area contributed by atoms with Crippen LogP contribution in [0.3, 0.4) is 0 Å². The highest BCUT2D eigenvalue weighted by molar-refractivity contribution is 7.13. The van der Waals surface area contributed by atoms with Crippen LogP contribution in [0.4, 0.5) is 5.69 Å². The summed E-state index contributed by atoms with van der Waals surface area (Å²) in [5.74, 6) is 1.21. The Labute approximate surface area is 170 Å². The molecule has 1 aromatic carbocycles. The second kappa shape index (κ2) is 7.61. The van der Waals surface area contributed by atoms with Crippen LogP contribution in [0.2, 0.25) is 0 Å². The molecular formula is C21H28N4O2S. The lowest BCUT2D eigenvalue weighted by Gasteiger charge is -2.44. The van der Waals surface area contributed by atoms with Gasteiger partial charge in [0, 0.05) is 49.8 Å². The van der Waals surface area contributed by atoms with E-state index in [9.17, 15) is 4.79 Å². The van der Waals surface area contributed by atoms with Gasteiger partial charge in [-0.05, 0) is 68.0 Å². The van der Waals surface area contributed by atoms with Crippen molar-refractivity contribution >= 4 is 33.2 Å². The van der Waals surface area contributed by atoms with Crippen molar-refractivity contribution in [3.05, 3.63) is 23.9 Å². The molecule has 6 rings (SSSR count). The van der Waals surface area contributed by atoms with E-state index in [0.29, 0.717) is 17.5 Å². The zero-order chi connectivity index (χ0) is 19.1. The van der Waals surface area contributed by atoms with Crippen LogP contribution in [0.25, 0.3) is 10.1 Å². The first kappa shape index (κ1) is 18.3. The number of aromatic nitrogens is 1. The van der Waals surface area contributed by atoms with E-state index in [1.165, 1.54) is 49.6 Å². The minimum Gasteiger partial charge on any atom is -0.384 e. The molecule has 7 heteroatoms.